The average Bonchev–Trinajstić information content (AvgIpc) is 2.63. The highest BCUT2D eigenvalue weighted by Crippen LogP contribution is 2.39. The van der Waals surface area contributed by atoms with Crippen LogP contribution in [-0.2, 0) is 6.42 Å². The van der Waals surface area contributed by atoms with E-state index in [-0.39, 0.29) is 34.8 Å². The summed E-state index contributed by atoms with van der Waals surface area (Å²) in [5.74, 6) is -1.16. The van der Waals surface area contributed by atoms with Crippen LogP contribution in [0.4, 0.5) is 0 Å². The number of carbonyl (C=O) groups is 1. The van der Waals surface area contributed by atoms with Gasteiger partial charge in [0.25, 0.3) is 0 Å². The van der Waals surface area contributed by atoms with Crippen LogP contribution in [0.2, 0.25) is 0 Å². The van der Waals surface area contributed by atoms with E-state index in [1.807, 2.05) is 0 Å². The Kier molecular flexibility index (Phi) is 6.26. The van der Waals surface area contributed by atoms with E-state index in [4.69, 9.17) is 4.74 Å². The van der Waals surface area contributed by atoms with Gasteiger partial charge in [-0.15, -0.1) is 0 Å². The van der Waals surface area contributed by atoms with Gasteiger partial charge in [-0.3, -0.25) is 4.79 Å². The quantitative estimate of drug-likeness (QED) is 0.339. The fourth-order valence-electron chi connectivity index (χ4n) is 2.48. The monoisotopic (exact) mass is 370 g/mol. The van der Waals surface area contributed by atoms with E-state index in [9.17, 15) is 25.2 Å². The normalized spacial score (nSPS) is 12.1. The molecule has 0 saturated carbocycles. The van der Waals surface area contributed by atoms with Crippen molar-refractivity contribution < 1.29 is 30.0 Å². The molecule has 0 radical (unpaired) electrons. The van der Waals surface area contributed by atoms with Gasteiger partial charge in [-0.05, 0) is 30.7 Å². The van der Waals surface area contributed by atoms with E-state index in [0.717, 1.165) is 0 Å². The largest absolute Gasteiger partial charge is 0.508 e. The lowest BCUT2D eigenvalue weighted by Gasteiger charge is -2.17. The van der Waals surface area contributed by atoms with Crippen molar-refractivity contribution in [3.63, 3.8) is 0 Å². The lowest BCUT2D eigenvalue weighted by molar-refractivity contribution is 0.104. The van der Waals surface area contributed by atoms with Gasteiger partial charge >= 0.3 is 0 Å². The molecular weight excluding hydrogens is 348 g/mol. The van der Waals surface area contributed by atoms with E-state index < -0.39 is 17.6 Å². The van der Waals surface area contributed by atoms with Gasteiger partial charge in [-0.25, -0.2) is 0 Å². The molecule has 2 aromatic rings. The Morgan fingerprint density at radius 1 is 1.22 bits per heavy atom. The van der Waals surface area contributed by atoms with Crippen molar-refractivity contribution in [1.29, 1.82) is 0 Å². The van der Waals surface area contributed by atoms with Crippen LogP contribution in [-0.4, -0.2) is 39.4 Å². The molecule has 0 amide bonds. The highest BCUT2D eigenvalue weighted by Gasteiger charge is 2.24. The van der Waals surface area contributed by atoms with Gasteiger partial charge in [0.1, 0.15) is 28.6 Å². The molecule has 1 unspecified atom stereocenters. The van der Waals surface area contributed by atoms with Gasteiger partial charge in [0.05, 0.1) is 13.2 Å². The number of aliphatic hydroxyl groups is 1. The molecular formula is C21H22O6. The molecule has 6 heteroatoms. The predicted octanol–water partition coefficient (Wildman–Crippen LogP) is 3.19. The van der Waals surface area contributed by atoms with Crippen molar-refractivity contribution >= 4 is 11.9 Å². The number of ketones is 1. The molecule has 6 nitrogen and oxygen atoms in total. The molecule has 2 aromatic carbocycles. The number of phenols is 3. The highest BCUT2D eigenvalue weighted by atomic mass is 16.5. The standard InChI is InChI=1S/C21H22O6/c1-12(2)17(24)10-15-18(25)11-19(27-3)20(21(15)26)16(23)9-6-13-4-7-14(22)8-5-13/h4-9,11,17,22,24-26H,1,10H2,2-3H3/b9-6+. The minimum atomic E-state index is -0.981. The molecule has 1 atom stereocenters. The molecule has 0 aromatic heterocycles. The fourth-order valence-corrected chi connectivity index (χ4v) is 2.48. The van der Waals surface area contributed by atoms with Gasteiger partial charge < -0.3 is 25.2 Å². The maximum Gasteiger partial charge on any atom is 0.193 e. The third-order valence-electron chi connectivity index (χ3n) is 4.10. The number of methoxy groups -OCH3 is 1. The number of phenolic OH excluding ortho intramolecular Hbond substituents is 3. The molecule has 0 aliphatic rings. The number of benzene rings is 2. The van der Waals surface area contributed by atoms with Crippen LogP contribution in [0.25, 0.3) is 6.08 Å². The number of hydrogen-bond acceptors (Lipinski definition) is 6. The van der Waals surface area contributed by atoms with Crippen LogP contribution < -0.4 is 4.74 Å². The van der Waals surface area contributed by atoms with Gasteiger partial charge in [0.2, 0.25) is 0 Å². The third kappa shape index (κ3) is 4.68. The fraction of sp³-hybridized carbons (Fsp3) is 0.190. The SMILES string of the molecule is C=C(C)C(O)Cc1c(O)cc(OC)c(C(=O)/C=C/c2ccc(O)cc2)c1O. The molecule has 2 rings (SSSR count). The summed E-state index contributed by atoms with van der Waals surface area (Å²) in [6.45, 7) is 5.26. The Balaban J connectivity index is 2.42. The van der Waals surface area contributed by atoms with Crippen molar-refractivity contribution in [2.75, 3.05) is 7.11 Å². The van der Waals surface area contributed by atoms with Crippen molar-refractivity contribution in [3.05, 3.63) is 65.3 Å². The zero-order chi connectivity index (χ0) is 20.1. The predicted molar refractivity (Wildman–Crippen MR) is 102 cm³/mol. The van der Waals surface area contributed by atoms with Gasteiger partial charge in [0.15, 0.2) is 5.78 Å². The van der Waals surface area contributed by atoms with E-state index in [0.29, 0.717) is 11.1 Å². The second-order valence-electron chi connectivity index (χ2n) is 6.16. The molecule has 0 saturated heterocycles. The Morgan fingerprint density at radius 3 is 2.41 bits per heavy atom. The number of rotatable bonds is 7. The van der Waals surface area contributed by atoms with Crippen molar-refractivity contribution in [1.82, 2.24) is 0 Å². The first-order chi connectivity index (χ1) is 12.7. The second-order valence-corrected chi connectivity index (χ2v) is 6.16. The van der Waals surface area contributed by atoms with Crippen LogP contribution in [0.15, 0.2) is 48.6 Å². The summed E-state index contributed by atoms with van der Waals surface area (Å²) in [6.07, 6.45) is 1.69. The van der Waals surface area contributed by atoms with Crippen LogP contribution >= 0.6 is 0 Å². The smallest absolute Gasteiger partial charge is 0.193 e. The van der Waals surface area contributed by atoms with E-state index >= 15 is 0 Å². The highest BCUT2D eigenvalue weighted by molar-refractivity contribution is 6.11. The average molecular weight is 370 g/mol. The molecule has 0 bridgehead atoms. The number of aromatic hydroxyl groups is 3. The zero-order valence-electron chi connectivity index (χ0n) is 15.1. The third-order valence-corrected chi connectivity index (χ3v) is 4.10. The Hall–Kier alpha value is -3.25. The van der Waals surface area contributed by atoms with Crippen LogP contribution in [0.3, 0.4) is 0 Å². The first-order valence-electron chi connectivity index (χ1n) is 8.21. The lowest BCUT2D eigenvalue weighted by Crippen LogP contribution is -2.12. The second kappa shape index (κ2) is 8.42. The summed E-state index contributed by atoms with van der Waals surface area (Å²) in [5.41, 5.74) is 1.06. The van der Waals surface area contributed by atoms with Gasteiger partial charge in [-0.2, -0.15) is 0 Å². The van der Waals surface area contributed by atoms with Crippen molar-refractivity contribution in [3.8, 4) is 23.0 Å². The van der Waals surface area contributed by atoms with Crippen LogP contribution in [0.1, 0.15) is 28.4 Å². The number of hydrogen-bond donors (Lipinski definition) is 4. The molecule has 4 N–H and O–H groups in total. The topological polar surface area (TPSA) is 107 Å². The molecule has 27 heavy (non-hydrogen) atoms. The summed E-state index contributed by atoms with van der Waals surface area (Å²) >= 11 is 0. The number of allylic oxidation sites excluding steroid dienone is 1. The van der Waals surface area contributed by atoms with Crippen molar-refractivity contribution in [2.45, 2.75) is 19.4 Å². The summed E-state index contributed by atoms with van der Waals surface area (Å²) < 4.78 is 5.12. The van der Waals surface area contributed by atoms with Crippen LogP contribution in [0, 0.1) is 0 Å². The summed E-state index contributed by atoms with van der Waals surface area (Å²) in [6, 6.07) is 7.45. The first kappa shape index (κ1) is 20.1. The number of aliphatic hydroxyl groups excluding tert-OH is 1. The molecule has 0 aliphatic carbocycles. The van der Waals surface area contributed by atoms with Gasteiger partial charge in [0, 0.05) is 18.1 Å². The maximum absolute atomic E-state index is 12.6. The minimum absolute atomic E-state index is 0.0129. The number of carbonyl (C=O) groups excluding carboxylic acids is 1. The number of ether oxygens (including phenoxy) is 1. The summed E-state index contributed by atoms with van der Waals surface area (Å²) in [4.78, 5) is 12.6. The molecule has 142 valence electrons. The molecule has 0 fully saturated rings. The summed E-state index contributed by atoms with van der Waals surface area (Å²) in [5, 5.41) is 40.0. The molecule has 0 aliphatic heterocycles. The zero-order valence-corrected chi connectivity index (χ0v) is 15.1. The Labute approximate surface area is 157 Å². The first-order valence-corrected chi connectivity index (χ1v) is 8.21. The molecule has 0 heterocycles. The van der Waals surface area contributed by atoms with Crippen molar-refractivity contribution in [2.24, 2.45) is 0 Å². The van der Waals surface area contributed by atoms with Crippen LogP contribution in [0.5, 0.6) is 23.0 Å². The Morgan fingerprint density at radius 2 is 1.85 bits per heavy atom. The summed E-state index contributed by atoms with van der Waals surface area (Å²) in [7, 11) is 1.32. The van der Waals surface area contributed by atoms with E-state index in [1.54, 1.807) is 19.1 Å². The van der Waals surface area contributed by atoms with E-state index in [1.165, 1.54) is 37.5 Å². The molecule has 0 spiro atoms. The maximum atomic E-state index is 12.6. The lowest BCUT2D eigenvalue weighted by atomic mass is 9.96. The minimum Gasteiger partial charge on any atom is -0.508 e. The van der Waals surface area contributed by atoms with E-state index in [2.05, 4.69) is 6.58 Å². The Bertz CT molecular complexity index is 881. The van der Waals surface area contributed by atoms with Gasteiger partial charge in [-0.1, -0.05) is 30.4 Å².